The summed E-state index contributed by atoms with van der Waals surface area (Å²) in [4.78, 5) is 49.7. The number of hydrogen-bond acceptors (Lipinski definition) is 10. The zero-order valence-corrected chi connectivity index (χ0v) is 30.5. The predicted octanol–water partition coefficient (Wildman–Crippen LogP) is 5.33. The molecule has 2 bridgehead atoms. The summed E-state index contributed by atoms with van der Waals surface area (Å²) in [7, 11) is 0. The van der Waals surface area contributed by atoms with Gasteiger partial charge in [0.1, 0.15) is 23.9 Å². The maximum Gasteiger partial charge on any atom is 0.306 e. The Labute approximate surface area is 289 Å². The van der Waals surface area contributed by atoms with Crippen LogP contribution < -0.4 is 0 Å². The first-order valence-electron chi connectivity index (χ1n) is 18.5. The van der Waals surface area contributed by atoms with E-state index in [0.29, 0.717) is 31.8 Å². The minimum Gasteiger partial charge on any atom is -0.481 e. The average Bonchev–Trinajstić information content (AvgIpc) is 3.47. The van der Waals surface area contributed by atoms with Crippen molar-refractivity contribution in [2.45, 2.75) is 161 Å². The van der Waals surface area contributed by atoms with Crippen molar-refractivity contribution in [3.63, 3.8) is 0 Å². The highest BCUT2D eigenvalue weighted by Gasteiger charge is 2.88. The summed E-state index contributed by atoms with van der Waals surface area (Å²) in [6, 6.07) is 0. The van der Waals surface area contributed by atoms with Crippen molar-refractivity contribution in [3.8, 4) is 0 Å². The van der Waals surface area contributed by atoms with Crippen molar-refractivity contribution < 1.29 is 53.1 Å². The first-order chi connectivity index (χ1) is 22.6. The quantitative estimate of drug-likeness (QED) is 0.263. The molecule has 274 valence electrons. The molecular weight excluding hydrogens is 632 g/mol. The molecule has 0 radical (unpaired) electrons. The van der Waals surface area contributed by atoms with Crippen LogP contribution in [0.1, 0.15) is 126 Å². The van der Waals surface area contributed by atoms with Crippen LogP contribution >= 0.6 is 0 Å². The molecule has 11 heteroatoms. The zero-order chi connectivity index (χ0) is 35.8. The van der Waals surface area contributed by atoms with Crippen molar-refractivity contribution in [1.29, 1.82) is 0 Å². The molecule has 0 unspecified atom stereocenters. The molecule has 11 nitrogen and oxygen atoms in total. The highest BCUT2D eigenvalue weighted by Crippen LogP contribution is 2.90. The number of carboxylic acid groups (broad SMARTS) is 1. The molecule has 0 aromatic heterocycles. The fourth-order valence-electron chi connectivity index (χ4n) is 13.8. The van der Waals surface area contributed by atoms with Gasteiger partial charge >= 0.3 is 23.9 Å². The molecule has 0 aromatic carbocycles. The number of fused-ring (bicyclic) bond motifs is 4. The molecule has 2 aliphatic heterocycles. The van der Waals surface area contributed by atoms with Gasteiger partial charge in [-0.1, -0.05) is 20.8 Å². The Balaban J connectivity index is 1.29. The Bertz CT molecular complexity index is 1450. The number of carboxylic acids is 1. The van der Waals surface area contributed by atoms with Gasteiger partial charge < -0.3 is 33.9 Å². The lowest BCUT2D eigenvalue weighted by Crippen LogP contribution is -2.63. The molecule has 2 saturated heterocycles. The lowest BCUT2D eigenvalue weighted by Gasteiger charge is -2.64. The van der Waals surface area contributed by atoms with Gasteiger partial charge in [-0.05, 0) is 94.8 Å². The minimum atomic E-state index is -1.28. The van der Waals surface area contributed by atoms with Gasteiger partial charge in [-0.2, -0.15) is 0 Å². The van der Waals surface area contributed by atoms with E-state index in [4.69, 9.17) is 28.8 Å². The average molecular weight is 689 g/mol. The minimum absolute atomic E-state index is 0.0272. The standard InChI is InChI=1S/C38H56O11/c1-21(39)46-28-29-33(7)15-18-38(49-33,32(5,6)44)45-20-37(29)17-16-36-19-35(36)14-13-25(48-27(43)12-11-26(41)42)31(3,4)23(35)9-10-24(36)34(37,8)30(28)47-22(2)40/h23-25,28-30,44H,9-20H2,1-8H3,(H,41,42)/t23-,24-,25-,28+,29+,30+,33-,34+,35+,36-,37-,38-/m0/s1. The monoisotopic (exact) mass is 688 g/mol. The van der Waals surface area contributed by atoms with Crippen molar-refractivity contribution in [3.05, 3.63) is 0 Å². The van der Waals surface area contributed by atoms with Gasteiger partial charge in [0.15, 0.2) is 5.79 Å². The Hall–Kier alpha value is -2.24. The van der Waals surface area contributed by atoms with Crippen molar-refractivity contribution in [2.24, 2.45) is 44.8 Å². The highest BCUT2D eigenvalue weighted by molar-refractivity contribution is 5.76. The Morgan fingerprint density at radius 2 is 1.43 bits per heavy atom. The van der Waals surface area contributed by atoms with Crippen LogP contribution in [0.5, 0.6) is 0 Å². The van der Waals surface area contributed by atoms with Crippen LogP contribution in [0.25, 0.3) is 0 Å². The summed E-state index contributed by atoms with van der Waals surface area (Å²) in [6.45, 7) is 15.3. The first-order valence-corrected chi connectivity index (χ1v) is 18.5. The summed E-state index contributed by atoms with van der Waals surface area (Å²) in [5.74, 6) is -3.41. The zero-order valence-electron chi connectivity index (χ0n) is 30.5. The van der Waals surface area contributed by atoms with Crippen molar-refractivity contribution in [2.75, 3.05) is 6.61 Å². The number of hydrogen-bond donors (Lipinski definition) is 2. The number of carbonyl (C=O) groups is 4. The Kier molecular flexibility index (Phi) is 7.65. The van der Waals surface area contributed by atoms with Crippen LogP contribution in [0.2, 0.25) is 0 Å². The second-order valence-corrected chi connectivity index (χ2v) is 18.4. The largest absolute Gasteiger partial charge is 0.481 e. The normalized spacial score (nSPS) is 48.8. The van der Waals surface area contributed by atoms with Gasteiger partial charge in [0, 0.05) is 42.4 Å². The summed E-state index contributed by atoms with van der Waals surface area (Å²) in [6.07, 6.45) is 5.18. The van der Waals surface area contributed by atoms with E-state index in [1.165, 1.54) is 13.8 Å². The highest BCUT2D eigenvalue weighted by atomic mass is 16.7. The molecule has 2 heterocycles. The smallest absolute Gasteiger partial charge is 0.306 e. The van der Waals surface area contributed by atoms with Gasteiger partial charge in [0.2, 0.25) is 0 Å². The van der Waals surface area contributed by atoms with Crippen LogP contribution in [0.4, 0.5) is 0 Å². The third-order valence-corrected chi connectivity index (χ3v) is 15.7. The Morgan fingerprint density at radius 3 is 2.06 bits per heavy atom. The molecule has 5 aliphatic carbocycles. The molecule has 5 saturated carbocycles. The second-order valence-electron chi connectivity index (χ2n) is 18.4. The summed E-state index contributed by atoms with van der Waals surface area (Å²) < 4.78 is 32.4. The molecule has 0 amide bonds. The fourth-order valence-corrected chi connectivity index (χ4v) is 13.8. The number of aliphatic carboxylic acids is 1. The molecule has 12 atom stereocenters. The van der Waals surface area contributed by atoms with E-state index < -0.39 is 63.9 Å². The van der Waals surface area contributed by atoms with E-state index >= 15 is 0 Å². The Morgan fingerprint density at radius 1 is 0.796 bits per heavy atom. The first kappa shape index (κ1) is 35.2. The van der Waals surface area contributed by atoms with Crippen molar-refractivity contribution in [1.82, 2.24) is 0 Å². The summed E-state index contributed by atoms with van der Waals surface area (Å²) in [5, 5.41) is 20.5. The maximum absolute atomic E-state index is 13.0. The molecule has 49 heavy (non-hydrogen) atoms. The van der Waals surface area contributed by atoms with Crippen LogP contribution in [-0.2, 0) is 42.9 Å². The number of aliphatic hydroxyl groups is 1. The molecule has 2 N–H and O–H groups in total. The van der Waals surface area contributed by atoms with Crippen LogP contribution in [0.15, 0.2) is 0 Å². The second kappa shape index (κ2) is 10.7. The van der Waals surface area contributed by atoms with Crippen LogP contribution in [0, 0.1) is 44.8 Å². The number of carbonyl (C=O) groups excluding carboxylic acids is 3. The molecule has 7 rings (SSSR count). The molecule has 7 aliphatic rings. The summed E-state index contributed by atoms with van der Waals surface area (Å²) >= 11 is 0. The molecule has 3 spiro atoms. The van der Waals surface area contributed by atoms with Gasteiger partial charge in [-0.3, -0.25) is 19.2 Å². The molecule has 7 fully saturated rings. The lowest BCUT2D eigenvalue weighted by molar-refractivity contribution is -0.316. The van der Waals surface area contributed by atoms with Crippen molar-refractivity contribution >= 4 is 23.9 Å². The lowest BCUT2D eigenvalue weighted by atomic mass is 9.41. The van der Waals surface area contributed by atoms with Gasteiger partial charge in [0.25, 0.3) is 0 Å². The van der Waals surface area contributed by atoms with E-state index in [1.54, 1.807) is 13.8 Å². The third kappa shape index (κ3) is 4.49. The SMILES string of the molecule is CC(=O)O[C@H]1[C@@H](OC(C)=O)[C@@]2(C)[C@@H]3CC[C@H]4C(C)(C)[C@@H](OC(=O)CCC(=O)O)CC[C@@]45C[C@@]35CC[C@@]23CO[C@@]2(C(C)(C)O)CC[C@](C)(O2)[C@@H]13. The summed E-state index contributed by atoms with van der Waals surface area (Å²) in [5.41, 5.74) is -3.57. The van der Waals surface area contributed by atoms with Gasteiger partial charge in [-0.15, -0.1) is 0 Å². The fraction of sp³-hybridized carbons (Fsp3) is 0.895. The van der Waals surface area contributed by atoms with E-state index in [-0.39, 0.29) is 47.0 Å². The topological polar surface area (TPSA) is 155 Å². The maximum atomic E-state index is 13.0. The number of ether oxygens (including phenoxy) is 5. The van der Waals surface area contributed by atoms with E-state index in [1.807, 2.05) is 0 Å². The predicted molar refractivity (Wildman–Crippen MR) is 174 cm³/mol. The van der Waals surface area contributed by atoms with Crippen LogP contribution in [0.3, 0.4) is 0 Å². The number of esters is 3. The van der Waals surface area contributed by atoms with E-state index in [2.05, 4.69) is 27.7 Å². The van der Waals surface area contributed by atoms with Crippen LogP contribution in [-0.4, -0.2) is 76.0 Å². The molecule has 0 aromatic rings. The van der Waals surface area contributed by atoms with Gasteiger partial charge in [0.05, 0.1) is 25.0 Å². The van der Waals surface area contributed by atoms with E-state index in [9.17, 15) is 24.3 Å². The van der Waals surface area contributed by atoms with Gasteiger partial charge in [-0.25, -0.2) is 0 Å². The third-order valence-electron chi connectivity index (χ3n) is 15.7. The molecular formula is C38H56O11. The number of rotatable bonds is 7. The van der Waals surface area contributed by atoms with E-state index in [0.717, 1.165) is 38.5 Å².